The Morgan fingerprint density at radius 1 is 0.708 bits per heavy atom. The highest BCUT2D eigenvalue weighted by Gasteiger charge is 2.52. The van der Waals surface area contributed by atoms with Crippen LogP contribution in [-0.2, 0) is 18.9 Å². The maximum atomic E-state index is 15.7. The molecule has 4 heterocycles. The minimum atomic E-state index is -1.58. The number of carbonyl (C=O) groups is 3. The second-order valence-corrected chi connectivity index (χ2v) is 15.0. The van der Waals surface area contributed by atoms with Crippen molar-refractivity contribution in [3.8, 4) is 34.0 Å². The average molecular weight is 890 g/mol. The fourth-order valence-electron chi connectivity index (χ4n) is 7.67. The monoisotopic (exact) mass is 889 g/mol. The number of fused-ring (bicyclic) bond motifs is 1. The molecule has 0 unspecified atom stereocenters. The van der Waals surface area contributed by atoms with E-state index in [1.165, 1.54) is 58.9 Å². The standard InChI is InChI=1S/C50H36FN3O10S/c1-59-39-25-14-13-24-37(39)53-45(55)41-34(38-26-15-27-60-38)28-36(33-22-11-12-23-35(33)51)52-44(41)54(50(53)65)46-43(64-49(58)32-20-9-4-10-21-32)42(63-48(57)31-18-7-3-8-19-31)40(62-46)29-61-47(56)30-16-5-2-6-17-30/h2-28,40,42-43,46H,29H2,1H3/t40-,42-,43+,46-/m1/s1. The molecule has 0 radical (unpaired) electrons. The zero-order chi connectivity index (χ0) is 45.0. The van der Waals surface area contributed by atoms with Gasteiger partial charge in [-0.05, 0) is 91.1 Å². The summed E-state index contributed by atoms with van der Waals surface area (Å²) in [5.74, 6) is -2.49. The molecule has 324 valence electrons. The fraction of sp³-hybridized carbons (Fsp3) is 0.120. The Kier molecular flexibility index (Phi) is 12.0. The Balaban J connectivity index is 1.32. The van der Waals surface area contributed by atoms with E-state index in [4.69, 9.17) is 45.3 Å². The summed E-state index contributed by atoms with van der Waals surface area (Å²) >= 11 is 6.25. The molecule has 1 fully saturated rings. The Hall–Kier alpha value is -8.01. The van der Waals surface area contributed by atoms with E-state index in [1.54, 1.807) is 121 Å². The number of carbonyl (C=O) groups excluding carboxylic acids is 3. The minimum Gasteiger partial charge on any atom is -0.495 e. The predicted octanol–water partition coefficient (Wildman–Crippen LogP) is 9.20. The minimum absolute atomic E-state index is 0.0620. The molecule has 8 aromatic rings. The number of methoxy groups -OCH3 is 1. The lowest BCUT2D eigenvalue weighted by atomic mass is 10.0. The Bertz CT molecular complexity index is 3160. The highest BCUT2D eigenvalue weighted by atomic mass is 32.1. The molecule has 13 nitrogen and oxygen atoms in total. The van der Waals surface area contributed by atoms with Crippen LogP contribution < -0.4 is 10.3 Å². The largest absolute Gasteiger partial charge is 0.495 e. The number of para-hydroxylation sites is 2. The van der Waals surface area contributed by atoms with Crippen molar-refractivity contribution in [1.29, 1.82) is 0 Å². The summed E-state index contributed by atoms with van der Waals surface area (Å²) in [6.07, 6.45) is -4.57. The number of hydrogen-bond acceptors (Lipinski definition) is 12. The number of furan rings is 1. The topological polar surface area (TPSA) is 150 Å². The van der Waals surface area contributed by atoms with Crippen molar-refractivity contribution < 1.29 is 46.9 Å². The van der Waals surface area contributed by atoms with Crippen LogP contribution in [0, 0.1) is 10.6 Å². The third kappa shape index (κ3) is 8.33. The fourth-order valence-corrected chi connectivity index (χ4v) is 8.04. The number of rotatable bonds is 12. The predicted molar refractivity (Wildman–Crippen MR) is 238 cm³/mol. The molecule has 0 spiro atoms. The highest BCUT2D eigenvalue weighted by molar-refractivity contribution is 7.71. The van der Waals surface area contributed by atoms with Crippen molar-refractivity contribution in [2.24, 2.45) is 0 Å². The second kappa shape index (κ2) is 18.4. The van der Waals surface area contributed by atoms with Gasteiger partial charge in [0.25, 0.3) is 5.56 Å². The molecule has 0 bridgehead atoms. The van der Waals surface area contributed by atoms with E-state index in [1.807, 2.05) is 0 Å². The summed E-state index contributed by atoms with van der Waals surface area (Å²) in [5.41, 5.74) is 0.317. The van der Waals surface area contributed by atoms with Gasteiger partial charge in [-0.15, -0.1) is 0 Å². The van der Waals surface area contributed by atoms with E-state index in [9.17, 15) is 14.4 Å². The Labute approximate surface area is 374 Å². The van der Waals surface area contributed by atoms with E-state index in [0.717, 1.165) is 0 Å². The molecule has 4 atom stereocenters. The number of aromatic nitrogens is 3. The lowest BCUT2D eigenvalue weighted by Gasteiger charge is -2.27. The van der Waals surface area contributed by atoms with Crippen molar-refractivity contribution >= 4 is 41.2 Å². The van der Waals surface area contributed by atoms with Crippen LogP contribution in [0.15, 0.2) is 173 Å². The van der Waals surface area contributed by atoms with Crippen LogP contribution in [0.25, 0.3) is 39.3 Å². The van der Waals surface area contributed by atoms with Crippen LogP contribution in [0.2, 0.25) is 0 Å². The van der Waals surface area contributed by atoms with Crippen molar-refractivity contribution in [3.05, 3.63) is 202 Å². The molecule has 15 heteroatoms. The van der Waals surface area contributed by atoms with Gasteiger partial charge in [-0.1, -0.05) is 78.9 Å². The van der Waals surface area contributed by atoms with Gasteiger partial charge in [-0.25, -0.2) is 28.3 Å². The Morgan fingerprint density at radius 3 is 1.91 bits per heavy atom. The maximum Gasteiger partial charge on any atom is 0.338 e. The number of nitrogens with zero attached hydrogens (tertiary/aromatic N) is 3. The van der Waals surface area contributed by atoms with E-state index in [2.05, 4.69) is 0 Å². The van der Waals surface area contributed by atoms with Gasteiger partial charge in [0.2, 0.25) is 0 Å². The van der Waals surface area contributed by atoms with Gasteiger partial charge < -0.3 is 28.1 Å². The van der Waals surface area contributed by atoms with Crippen LogP contribution >= 0.6 is 12.2 Å². The first-order valence-electron chi connectivity index (χ1n) is 20.3. The molecule has 0 amide bonds. The maximum absolute atomic E-state index is 15.7. The lowest BCUT2D eigenvalue weighted by molar-refractivity contribution is -0.0617. The van der Waals surface area contributed by atoms with Crippen LogP contribution in [0.1, 0.15) is 37.3 Å². The summed E-state index contributed by atoms with van der Waals surface area (Å²) in [5, 5.41) is -0.0620. The van der Waals surface area contributed by atoms with Crippen molar-refractivity contribution in [3.63, 3.8) is 0 Å². The molecule has 9 rings (SSSR count). The Morgan fingerprint density at radius 2 is 1.29 bits per heavy atom. The lowest BCUT2D eigenvalue weighted by Crippen LogP contribution is -2.42. The van der Waals surface area contributed by atoms with Gasteiger partial charge in [0.15, 0.2) is 28.9 Å². The molecule has 0 N–H and O–H groups in total. The summed E-state index contributed by atoms with van der Waals surface area (Å²) in [7, 11) is 1.44. The third-order valence-electron chi connectivity index (χ3n) is 10.7. The van der Waals surface area contributed by atoms with E-state index >= 15 is 9.18 Å². The van der Waals surface area contributed by atoms with Gasteiger partial charge in [0, 0.05) is 11.1 Å². The van der Waals surface area contributed by atoms with Crippen molar-refractivity contribution in [1.82, 2.24) is 14.1 Å². The third-order valence-corrected chi connectivity index (χ3v) is 11.1. The molecule has 1 saturated heterocycles. The first-order chi connectivity index (χ1) is 31.7. The first-order valence-corrected chi connectivity index (χ1v) is 20.7. The van der Waals surface area contributed by atoms with Crippen LogP contribution in [0.5, 0.6) is 5.75 Å². The van der Waals surface area contributed by atoms with Crippen molar-refractivity contribution in [2.75, 3.05) is 13.7 Å². The van der Waals surface area contributed by atoms with Crippen LogP contribution in [-0.4, -0.2) is 64.1 Å². The quantitative estimate of drug-likeness (QED) is 0.0654. The number of pyridine rings is 1. The molecular formula is C50H36FN3O10S. The van der Waals surface area contributed by atoms with Crippen LogP contribution in [0.4, 0.5) is 4.39 Å². The van der Waals surface area contributed by atoms with Gasteiger partial charge in [-0.2, -0.15) is 0 Å². The normalized spacial score (nSPS) is 16.8. The SMILES string of the molecule is COc1ccccc1-n1c(=O)c2c(-c3ccco3)cc(-c3ccccc3F)nc2n([C@@H]2O[C@H](COC(=O)c3ccccc3)[C@@H](OC(=O)c3ccccc3)[C@@H]2OC(=O)c2ccccc2)c1=S. The number of benzene rings is 5. The van der Waals surface area contributed by atoms with E-state index in [-0.39, 0.29) is 66.5 Å². The summed E-state index contributed by atoms with van der Waals surface area (Å²) in [4.78, 5) is 61.8. The van der Waals surface area contributed by atoms with Crippen molar-refractivity contribution in [2.45, 2.75) is 24.5 Å². The van der Waals surface area contributed by atoms with Gasteiger partial charge in [0.05, 0.1) is 46.8 Å². The highest BCUT2D eigenvalue weighted by Crippen LogP contribution is 2.40. The van der Waals surface area contributed by atoms with Gasteiger partial charge >= 0.3 is 17.9 Å². The van der Waals surface area contributed by atoms with E-state index in [0.29, 0.717) is 0 Å². The number of ether oxygens (including phenoxy) is 5. The number of hydrogen-bond donors (Lipinski definition) is 0. The molecule has 0 saturated carbocycles. The number of halogens is 1. The van der Waals surface area contributed by atoms with Gasteiger partial charge in [-0.3, -0.25) is 9.36 Å². The molecule has 3 aromatic heterocycles. The van der Waals surface area contributed by atoms with Gasteiger partial charge in [0.1, 0.15) is 30.0 Å². The molecule has 0 aliphatic carbocycles. The first kappa shape index (κ1) is 42.3. The molecular weight excluding hydrogens is 854 g/mol. The second-order valence-electron chi connectivity index (χ2n) is 14.7. The summed E-state index contributed by atoms with van der Waals surface area (Å²) in [6, 6.07) is 41.9. The van der Waals surface area contributed by atoms with E-state index < -0.39 is 60.4 Å². The summed E-state index contributed by atoms with van der Waals surface area (Å²) < 4.78 is 54.8. The molecule has 1 aliphatic rings. The molecule has 1 aliphatic heterocycles. The zero-order valence-electron chi connectivity index (χ0n) is 34.3. The molecule has 5 aromatic carbocycles. The van der Waals surface area contributed by atoms with Crippen LogP contribution in [0.3, 0.4) is 0 Å². The smallest absolute Gasteiger partial charge is 0.338 e. The number of esters is 3. The molecule has 65 heavy (non-hydrogen) atoms. The summed E-state index contributed by atoms with van der Waals surface area (Å²) in [6.45, 7) is -0.515. The zero-order valence-corrected chi connectivity index (χ0v) is 35.1. The average Bonchev–Trinajstić information content (AvgIpc) is 4.00.